The second-order valence-corrected chi connectivity index (χ2v) is 9.59. The standard InChI is InChI=1S/C17H27N3O4S/c1-12-16(13(2)24-18-12)10-19(3)17(21)14-4-7-20(8-5-14)15-6-9-25(22,23)11-15/h14-15H,4-11H2,1-3H3/t15-/m0/s1. The molecule has 2 fully saturated rings. The molecule has 0 N–H and O–H groups in total. The molecule has 0 radical (unpaired) electrons. The SMILES string of the molecule is Cc1noc(C)c1CN(C)C(=O)C1CCN([C@H]2CCS(=O)(=O)C2)CC1. The van der Waals surface area contributed by atoms with Crippen LogP contribution in [0.1, 0.15) is 36.3 Å². The van der Waals surface area contributed by atoms with E-state index in [0.29, 0.717) is 12.3 Å². The Balaban J connectivity index is 1.53. The predicted molar refractivity (Wildman–Crippen MR) is 93.8 cm³/mol. The van der Waals surface area contributed by atoms with Crippen molar-refractivity contribution < 1.29 is 17.7 Å². The van der Waals surface area contributed by atoms with Gasteiger partial charge in [-0.25, -0.2) is 8.42 Å². The second kappa shape index (κ2) is 7.07. The summed E-state index contributed by atoms with van der Waals surface area (Å²) in [7, 11) is -1.03. The summed E-state index contributed by atoms with van der Waals surface area (Å²) in [5, 5.41) is 3.94. The Bertz CT molecular complexity index is 716. The summed E-state index contributed by atoms with van der Waals surface area (Å²) in [5.74, 6) is 1.50. The summed E-state index contributed by atoms with van der Waals surface area (Å²) in [5.41, 5.74) is 1.80. The van der Waals surface area contributed by atoms with Crippen molar-refractivity contribution in [1.82, 2.24) is 15.0 Å². The Morgan fingerprint density at radius 3 is 2.48 bits per heavy atom. The number of amides is 1. The Morgan fingerprint density at radius 2 is 1.96 bits per heavy atom. The highest BCUT2D eigenvalue weighted by Gasteiger charge is 2.35. The molecule has 0 spiro atoms. The van der Waals surface area contributed by atoms with Gasteiger partial charge in [0.2, 0.25) is 5.91 Å². The molecule has 7 nitrogen and oxygen atoms in total. The molecule has 8 heteroatoms. The van der Waals surface area contributed by atoms with Gasteiger partial charge >= 0.3 is 0 Å². The first-order valence-corrected chi connectivity index (χ1v) is 10.7. The zero-order valence-electron chi connectivity index (χ0n) is 15.2. The predicted octanol–water partition coefficient (Wildman–Crippen LogP) is 1.15. The fraction of sp³-hybridized carbons (Fsp3) is 0.765. The molecule has 0 bridgehead atoms. The third kappa shape index (κ3) is 4.06. The molecule has 1 atom stereocenters. The minimum absolute atomic E-state index is 0.0136. The van der Waals surface area contributed by atoms with E-state index >= 15 is 0 Å². The molecule has 3 rings (SSSR count). The lowest BCUT2D eigenvalue weighted by Gasteiger charge is -2.36. The number of hydrogen-bond donors (Lipinski definition) is 0. The molecular formula is C17H27N3O4S. The number of likely N-dealkylation sites (tertiary alicyclic amines) is 1. The van der Waals surface area contributed by atoms with Crippen LogP contribution in [0.4, 0.5) is 0 Å². The largest absolute Gasteiger partial charge is 0.361 e. The van der Waals surface area contributed by atoms with E-state index in [2.05, 4.69) is 10.1 Å². The van der Waals surface area contributed by atoms with Crippen LogP contribution in [0.25, 0.3) is 0 Å². The van der Waals surface area contributed by atoms with Crippen LogP contribution in [0.2, 0.25) is 0 Å². The van der Waals surface area contributed by atoms with E-state index < -0.39 is 9.84 Å². The molecule has 3 heterocycles. The van der Waals surface area contributed by atoms with Crippen LogP contribution in [-0.4, -0.2) is 67.0 Å². The fourth-order valence-corrected chi connectivity index (χ4v) is 5.69. The Labute approximate surface area is 149 Å². The third-order valence-corrected chi connectivity index (χ3v) is 7.31. The van der Waals surface area contributed by atoms with E-state index in [9.17, 15) is 13.2 Å². The van der Waals surface area contributed by atoms with Crippen LogP contribution in [0.3, 0.4) is 0 Å². The molecule has 0 saturated carbocycles. The van der Waals surface area contributed by atoms with E-state index in [-0.39, 0.29) is 23.6 Å². The highest BCUT2D eigenvalue weighted by molar-refractivity contribution is 7.91. The van der Waals surface area contributed by atoms with Crippen molar-refractivity contribution in [3.05, 3.63) is 17.0 Å². The van der Waals surface area contributed by atoms with Crippen LogP contribution in [0.15, 0.2) is 4.52 Å². The van der Waals surface area contributed by atoms with Crippen molar-refractivity contribution in [3.63, 3.8) is 0 Å². The zero-order chi connectivity index (χ0) is 18.2. The molecule has 0 aliphatic carbocycles. The van der Waals surface area contributed by atoms with Gasteiger partial charge in [-0.3, -0.25) is 9.69 Å². The smallest absolute Gasteiger partial charge is 0.225 e. The summed E-state index contributed by atoms with van der Waals surface area (Å²) in [6, 6.07) is 0.140. The molecule has 25 heavy (non-hydrogen) atoms. The van der Waals surface area contributed by atoms with Gasteiger partial charge in [-0.05, 0) is 46.2 Å². The highest BCUT2D eigenvalue weighted by atomic mass is 32.2. The summed E-state index contributed by atoms with van der Waals surface area (Å²) in [6.07, 6.45) is 2.32. The number of sulfone groups is 1. The lowest BCUT2D eigenvalue weighted by molar-refractivity contribution is -0.136. The Hall–Kier alpha value is -1.41. The van der Waals surface area contributed by atoms with E-state index in [4.69, 9.17) is 4.52 Å². The first kappa shape index (κ1) is 18.4. The van der Waals surface area contributed by atoms with Gasteiger partial charge in [0.15, 0.2) is 9.84 Å². The maximum absolute atomic E-state index is 12.7. The van der Waals surface area contributed by atoms with E-state index in [0.717, 1.165) is 49.4 Å². The van der Waals surface area contributed by atoms with Crippen LogP contribution in [0, 0.1) is 19.8 Å². The van der Waals surface area contributed by atoms with Crippen molar-refractivity contribution >= 4 is 15.7 Å². The second-order valence-electron chi connectivity index (χ2n) is 7.36. The Kier molecular flexibility index (Phi) is 5.20. The van der Waals surface area contributed by atoms with Gasteiger partial charge in [-0.2, -0.15) is 0 Å². The molecule has 1 amide bonds. The van der Waals surface area contributed by atoms with Gasteiger partial charge in [-0.1, -0.05) is 5.16 Å². The normalized spacial score (nSPS) is 24.5. The number of nitrogens with zero attached hydrogens (tertiary/aromatic N) is 3. The van der Waals surface area contributed by atoms with Gasteiger partial charge in [0.1, 0.15) is 5.76 Å². The average Bonchev–Trinajstić information content (AvgIpc) is 3.10. The van der Waals surface area contributed by atoms with Crippen molar-refractivity contribution in [3.8, 4) is 0 Å². The first-order valence-electron chi connectivity index (χ1n) is 8.88. The molecule has 1 aromatic rings. The maximum atomic E-state index is 12.7. The van der Waals surface area contributed by atoms with Gasteiger partial charge < -0.3 is 9.42 Å². The average molecular weight is 369 g/mol. The van der Waals surface area contributed by atoms with Crippen molar-refractivity contribution in [2.45, 2.75) is 45.7 Å². The number of piperidine rings is 1. The van der Waals surface area contributed by atoms with Crippen LogP contribution >= 0.6 is 0 Å². The number of carbonyl (C=O) groups excluding carboxylic acids is 1. The number of hydrogen-bond acceptors (Lipinski definition) is 6. The van der Waals surface area contributed by atoms with Gasteiger partial charge in [0, 0.05) is 24.6 Å². The number of aryl methyl sites for hydroxylation is 2. The lowest BCUT2D eigenvalue weighted by Crippen LogP contribution is -2.45. The summed E-state index contributed by atoms with van der Waals surface area (Å²) in [6.45, 7) is 5.87. The number of aromatic nitrogens is 1. The molecular weight excluding hydrogens is 342 g/mol. The molecule has 1 aromatic heterocycles. The van der Waals surface area contributed by atoms with E-state index in [1.807, 2.05) is 20.9 Å². The van der Waals surface area contributed by atoms with Crippen LogP contribution in [0.5, 0.6) is 0 Å². The Morgan fingerprint density at radius 1 is 1.28 bits per heavy atom. The molecule has 140 valence electrons. The summed E-state index contributed by atoms with van der Waals surface area (Å²) < 4.78 is 28.5. The van der Waals surface area contributed by atoms with Crippen LogP contribution in [-0.2, 0) is 21.2 Å². The van der Waals surface area contributed by atoms with E-state index in [1.54, 1.807) is 4.90 Å². The number of carbonyl (C=O) groups is 1. The topological polar surface area (TPSA) is 83.7 Å². The van der Waals surface area contributed by atoms with E-state index in [1.165, 1.54) is 0 Å². The van der Waals surface area contributed by atoms with Crippen LogP contribution < -0.4 is 0 Å². The molecule has 0 unspecified atom stereocenters. The molecule has 2 aliphatic heterocycles. The zero-order valence-corrected chi connectivity index (χ0v) is 16.0. The molecule has 2 aliphatic rings. The van der Waals surface area contributed by atoms with Crippen molar-refractivity contribution in [2.24, 2.45) is 5.92 Å². The monoisotopic (exact) mass is 369 g/mol. The van der Waals surface area contributed by atoms with Gasteiger partial charge in [-0.15, -0.1) is 0 Å². The minimum Gasteiger partial charge on any atom is -0.361 e. The third-order valence-electron chi connectivity index (χ3n) is 5.56. The highest BCUT2D eigenvalue weighted by Crippen LogP contribution is 2.26. The summed E-state index contributed by atoms with van der Waals surface area (Å²) >= 11 is 0. The van der Waals surface area contributed by atoms with Gasteiger partial charge in [0.25, 0.3) is 0 Å². The first-order chi connectivity index (χ1) is 11.8. The van der Waals surface area contributed by atoms with Gasteiger partial charge in [0.05, 0.1) is 23.7 Å². The fourth-order valence-electron chi connectivity index (χ4n) is 3.93. The maximum Gasteiger partial charge on any atom is 0.225 e. The number of rotatable bonds is 4. The molecule has 2 saturated heterocycles. The minimum atomic E-state index is -2.86. The van der Waals surface area contributed by atoms with Crippen molar-refractivity contribution in [1.29, 1.82) is 0 Å². The van der Waals surface area contributed by atoms with Crippen molar-refractivity contribution in [2.75, 3.05) is 31.6 Å². The lowest BCUT2D eigenvalue weighted by atomic mass is 9.94. The summed E-state index contributed by atoms with van der Waals surface area (Å²) in [4.78, 5) is 16.7. The quantitative estimate of drug-likeness (QED) is 0.792. The molecule has 0 aromatic carbocycles.